The van der Waals surface area contributed by atoms with E-state index >= 15 is 0 Å². The minimum atomic E-state index is -1.33. The Labute approximate surface area is 257 Å². The van der Waals surface area contributed by atoms with Crippen LogP contribution in [0.15, 0.2) is 30.3 Å². The van der Waals surface area contributed by atoms with Gasteiger partial charge in [-0.25, -0.2) is 0 Å². The van der Waals surface area contributed by atoms with Crippen LogP contribution in [0.4, 0.5) is 0 Å². The minimum Gasteiger partial charge on any atom is -0.480 e. The number of amides is 5. The Morgan fingerprint density at radius 2 is 1.39 bits per heavy atom. The molecule has 0 aliphatic carbocycles. The Hall–Kier alpha value is -4.04. The first-order valence-electron chi connectivity index (χ1n) is 14.9. The average molecular weight is 619 g/mol. The molecule has 0 aromatic heterocycles. The fraction of sp³-hybridized carbons (Fsp3) is 0.600. The van der Waals surface area contributed by atoms with Crippen LogP contribution in [0, 0.1) is 5.92 Å². The number of nitrogens with one attached hydrogen (secondary N) is 6. The molecule has 1 aliphatic heterocycles. The number of aliphatic hydroxyl groups excluding tert-OH is 1. The number of hydrogen-bond donors (Lipinski definition) is 8. The predicted octanol–water partition coefficient (Wildman–Crippen LogP) is -1.04. The van der Waals surface area contributed by atoms with Crippen molar-refractivity contribution in [3.05, 3.63) is 35.9 Å². The van der Waals surface area contributed by atoms with Crippen LogP contribution in [0.2, 0.25) is 0 Å². The molecule has 7 atom stereocenters. The summed E-state index contributed by atoms with van der Waals surface area (Å²) in [7, 11) is 0. The molecule has 0 bridgehead atoms. The minimum absolute atomic E-state index is 0.0200. The van der Waals surface area contributed by atoms with E-state index in [1.807, 2.05) is 13.8 Å². The summed E-state index contributed by atoms with van der Waals surface area (Å²) in [6.45, 7) is 8.40. The lowest BCUT2D eigenvalue weighted by atomic mass is 10.0. The third-order valence-corrected chi connectivity index (χ3v) is 7.18. The highest BCUT2D eigenvalue weighted by molar-refractivity contribution is 5.96. The van der Waals surface area contributed by atoms with Gasteiger partial charge in [0.2, 0.25) is 29.5 Å². The molecule has 244 valence electrons. The molecule has 0 saturated carbocycles. The summed E-state index contributed by atoms with van der Waals surface area (Å²) in [6.07, 6.45) is 0.401. The van der Waals surface area contributed by atoms with Gasteiger partial charge >= 0.3 is 5.97 Å². The summed E-state index contributed by atoms with van der Waals surface area (Å²) < 4.78 is 0. The molecule has 1 aromatic carbocycles. The van der Waals surface area contributed by atoms with Crippen molar-refractivity contribution in [1.82, 2.24) is 31.9 Å². The van der Waals surface area contributed by atoms with Gasteiger partial charge in [0, 0.05) is 6.42 Å². The van der Waals surface area contributed by atoms with Gasteiger partial charge in [0.05, 0.1) is 12.1 Å². The molecule has 0 spiro atoms. The van der Waals surface area contributed by atoms with E-state index in [1.54, 1.807) is 30.3 Å². The molecule has 8 N–H and O–H groups in total. The molecule has 1 aliphatic rings. The summed E-state index contributed by atoms with van der Waals surface area (Å²) in [5.41, 5.74) is 0.707. The summed E-state index contributed by atoms with van der Waals surface area (Å²) >= 11 is 0. The number of carboxylic acids is 1. The first kappa shape index (κ1) is 36.2. The third kappa shape index (κ3) is 11.6. The maximum atomic E-state index is 13.4. The van der Waals surface area contributed by atoms with E-state index in [2.05, 4.69) is 31.9 Å². The molecule has 5 amide bonds. The van der Waals surface area contributed by atoms with E-state index in [0.717, 1.165) is 6.42 Å². The van der Waals surface area contributed by atoms with Gasteiger partial charge in [-0.3, -0.25) is 28.8 Å². The number of benzene rings is 1. The molecule has 0 radical (unpaired) electrons. The molecular weight excluding hydrogens is 572 g/mol. The van der Waals surface area contributed by atoms with Crippen LogP contribution in [-0.4, -0.2) is 94.6 Å². The topological polar surface area (TPSA) is 215 Å². The lowest BCUT2D eigenvalue weighted by Crippen LogP contribution is -2.60. The average Bonchev–Trinajstić information content (AvgIpc) is 3.50. The lowest BCUT2D eigenvalue weighted by Gasteiger charge is -2.27. The number of hydrogen-bond acceptors (Lipinski definition) is 8. The van der Waals surface area contributed by atoms with Crippen LogP contribution in [-0.2, 0) is 35.2 Å². The van der Waals surface area contributed by atoms with Crippen molar-refractivity contribution in [2.24, 2.45) is 5.92 Å². The van der Waals surface area contributed by atoms with Crippen molar-refractivity contribution < 1.29 is 39.0 Å². The smallest absolute Gasteiger partial charge is 0.325 e. The standard InChI is InChI=1S/C30H46N6O8/c1-16(2)14-22(27(40)33-18(4)30(43)44)34-25(38)17(3)32-28(41)23(15-20-10-7-6-8-11-20)35-29(42)24(19(5)37)36-26(39)21-12-9-13-31-21/h6-8,10-11,16-19,21-24,31,37H,9,12-15H2,1-5H3,(H,32,41)(H,33,40)(H,34,38)(H,35,42)(H,36,39)(H,43,44)/t17-,18-,19+,21-,22-,23-,24-/m0/s1. The van der Waals surface area contributed by atoms with E-state index in [9.17, 15) is 33.9 Å². The van der Waals surface area contributed by atoms with Gasteiger partial charge in [-0.1, -0.05) is 44.2 Å². The van der Waals surface area contributed by atoms with E-state index in [4.69, 9.17) is 5.11 Å². The Bertz CT molecular complexity index is 1160. The zero-order valence-corrected chi connectivity index (χ0v) is 25.9. The molecule has 0 unspecified atom stereocenters. The van der Waals surface area contributed by atoms with Crippen LogP contribution in [0.1, 0.15) is 59.4 Å². The first-order chi connectivity index (χ1) is 20.7. The summed E-state index contributed by atoms with van der Waals surface area (Å²) in [6, 6.07) is 2.48. The van der Waals surface area contributed by atoms with Crippen molar-refractivity contribution >= 4 is 35.5 Å². The molecule has 2 rings (SSSR count). The van der Waals surface area contributed by atoms with Gasteiger partial charge in [-0.2, -0.15) is 0 Å². The van der Waals surface area contributed by atoms with Gasteiger partial charge < -0.3 is 42.1 Å². The van der Waals surface area contributed by atoms with Crippen LogP contribution in [0.25, 0.3) is 0 Å². The van der Waals surface area contributed by atoms with Crippen molar-refractivity contribution in [2.75, 3.05) is 6.54 Å². The van der Waals surface area contributed by atoms with Crippen molar-refractivity contribution in [2.45, 2.75) is 103 Å². The molecule has 1 heterocycles. The number of carbonyl (C=O) groups excluding carboxylic acids is 5. The Morgan fingerprint density at radius 3 is 1.93 bits per heavy atom. The van der Waals surface area contributed by atoms with Crippen LogP contribution in [0.5, 0.6) is 0 Å². The molecule has 44 heavy (non-hydrogen) atoms. The predicted molar refractivity (Wildman–Crippen MR) is 161 cm³/mol. The molecule has 14 heteroatoms. The molecule has 14 nitrogen and oxygen atoms in total. The number of carboxylic acid groups (broad SMARTS) is 1. The van der Waals surface area contributed by atoms with Crippen molar-refractivity contribution in [1.29, 1.82) is 0 Å². The van der Waals surface area contributed by atoms with E-state index in [1.165, 1.54) is 20.8 Å². The van der Waals surface area contributed by atoms with E-state index < -0.39 is 77.9 Å². The van der Waals surface area contributed by atoms with Crippen LogP contribution >= 0.6 is 0 Å². The number of aliphatic carboxylic acids is 1. The second-order valence-corrected chi connectivity index (χ2v) is 11.6. The third-order valence-electron chi connectivity index (χ3n) is 7.18. The maximum absolute atomic E-state index is 13.4. The van der Waals surface area contributed by atoms with Crippen molar-refractivity contribution in [3.63, 3.8) is 0 Å². The first-order valence-corrected chi connectivity index (χ1v) is 14.9. The molecule has 1 aromatic rings. The molecule has 1 saturated heterocycles. The SMILES string of the molecule is CC(C)C[C@H](NC(=O)[C@H](C)NC(=O)[C@H](Cc1ccccc1)NC(=O)[C@@H](NC(=O)[C@@H]1CCCN1)[C@@H](C)O)C(=O)N[C@@H](C)C(=O)O. The molecule has 1 fully saturated rings. The van der Waals surface area contributed by atoms with Crippen LogP contribution < -0.4 is 31.9 Å². The van der Waals surface area contributed by atoms with Crippen molar-refractivity contribution in [3.8, 4) is 0 Å². The Kier molecular flexibility index (Phi) is 14.2. The highest BCUT2D eigenvalue weighted by Crippen LogP contribution is 2.09. The summed E-state index contributed by atoms with van der Waals surface area (Å²) in [4.78, 5) is 76.3. The monoisotopic (exact) mass is 618 g/mol. The lowest BCUT2D eigenvalue weighted by molar-refractivity contribution is -0.142. The largest absolute Gasteiger partial charge is 0.480 e. The van der Waals surface area contributed by atoms with E-state index in [-0.39, 0.29) is 18.8 Å². The van der Waals surface area contributed by atoms with Gasteiger partial charge in [-0.15, -0.1) is 0 Å². The highest BCUT2D eigenvalue weighted by atomic mass is 16.4. The highest BCUT2D eigenvalue weighted by Gasteiger charge is 2.34. The van der Waals surface area contributed by atoms with Crippen LogP contribution in [0.3, 0.4) is 0 Å². The van der Waals surface area contributed by atoms with Gasteiger partial charge in [0.1, 0.15) is 30.2 Å². The zero-order chi connectivity index (χ0) is 33.0. The normalized spacial score (nSPS) is 18.6. The van der Waals surface area contributed by atoms with Gasteiger partial charge in [0.25, 0.3) is 0 Å². The van der Waals surface area contributed by atoms with Gasteiger partial charge in [-0.05, 0) is 58.1 Å². The zero-order valence-electron chi connectivity index (χ0n) is 25.9. The number of rotatable bonds is 16. The second kappa shape index (κ2) is 17.3. The summed E-state index contributed by atoms with van der Waals surface area (Å²) in [5.74, 6) is -4.53. The fourth-order valence-electron chi connectivity index (χ4n) is 4.64. The Balaban J connectivity index is 2.16. The quantitative estimate of drug-likeness (QED) is 0.113. The summed E-state index contributed by atoms with van der Waals surface area (Å²) in [5, 5.41) is 35.1. The number of aliphatic hydroxyl groups is 1. The maximum Gasteiger partial charge on any atom is 0.325 e. The Morgan fingerprint density at radius 1 is 0.795 bits per heavy atom. The molecular formula is C30H46N6O8. The van der Waals surface area contributed by atoms with E-state index in [0.29, 0.717) is 18.5 Å². The fourth-order valence-corrected chi connectivity index (χ4v) is 4.64. The number of carbonyl (C=O) groups is 6. The second-order valence-electron chi connectivity index (χ2n) is 11.6. The van der Waals surface area contributed by atoms with Gasteiger partial charge in [0.15, 0.2) is 0 Å².